The summed E-state index contributed by atoms with van der Waals surface area (Å²) in [6.45, 7) is 5.42. The van der Waals surface area contributed by atoms with Crippen molar-refractivity contribution in [1.29, 1.82) is 0 Å². The predicted octanol–water partition coefficient (Wildman–Crippen LogP) is 2.81. The van der Waals surface area contributed by atoms with Crippen LogP contribution in [0.3, 0.4) is 0 Å². The summed E-state index contributed by atoms with van der Waals surface area (Å²) >= 11 is 0. The van der Waals surface area contributed by atoms with Gasteiger partial charge in [-0.05, 0) is 64.2 Å². The molecule has 0 saturated heterocycles. The molecule has 2 aromatic rings. The van der Waals surface area contributed by atoms with Crippen LogP contribution in [0, 0.1) is 13.8 Å². The lowest BCUT2D eigenvalue weighted by molar-refractivity contribution is 0.0512. The Bertz CT molecular complexity index is 762. The number of amides is 1. The smallest absolute Gasteiger partial charge is 0.269 e. The molecule has 1 aliphatic carbocycles. The molecule has 128 valence electrons. The van der Waals surface area contributed by atoms with E-state index in [4.69, 9.17) is 4.42 Å². The molecule has 5 heteroatoms. The SMILES string of the molecule is Cc1cc([C@@](C)(O)CNC(=O)c2ccc3c(n2)CCCC3)c(C)o1. The lowest BCUT2D eigenvalue weighted by Crippen LogP contribution is -2.39. The number of fused-ring (bicyclic) bond motifs is 1. The lowest BCUT2D eigenvalue weighted by atomic mass is 9.95. The van der Waals surface area contributed by atoms with Crippen molar-refractivity contribution < 1.29 is 14.3 Å². The third kappa shape index (κ3) is 3.36. The Hall–Kier alpha value is -2.14. The van der Waals surface area contributed by atoms with Crippen molar-refractivity contribution in [1.82, 2.24) is 10.3 Å². The maximum absolute atomic E-state index is 12.4. The highest BCUT2D eigenvalue weighted by Gasteiger charge is 2.28. The van der Waals surface area contributed by atoms with Crippen LogP contribution in [0.25, 0.3) is 0 Å². The van der Waals surface area contributed by atoms with Gasteiger partial charge in [-0.15, -0.1) is 0 Å². The monoisotopic (exact) mass is 328 g/mol. The largest absolute Gasteiger partial charge is 0.466 e. The number of hydrogen-bond donors (Lipinski definition) is 2. The Labute approximate surface area is 142 Å². The number of nitrogens with one attached hydrogen (secondary N) is 1. The minimum atomic E-state index is -1.19. The van der Waals surface area contributed by atoms with Crippen LogP contribution in [0.5, 0.6) is 0 Å². The molecule has 1 atom stereocenters. The van der Waals surface area contributed by atoms with Crippen molar-refractivity contribution in [2.24, 2.45) is 0 Å². The average molecular weight is 328 g/mol. The van der Waals surface area contributed by atoms with E-state index >= 15 is 0 Å². The van der Waals surface area contributed by atoms with E-state index in [-0.39, 0.29) is 12.5 Å². The fraction of sp³-hybridized carbons (Fsp3) is 0.474. The Morgan fingerprint density at radius 1 is 1.33 bits per heavy atom. The van der Waals surface area contributed by atoms with Crippen LogP contribution < -0.4 is 5.32 Å². The highest BCUT2D eigenvalue weighted by Crippen LogP contribution is 2.26. The number of carbonyl (C=O) groups is 1. The summed E-state index contributed by atoms with van der Waals surface area (Å²) in [7, 11) is 0. The first-order chi connectivity index (χ1) is 11.4. The molecule has 0 bridgehead atoms. The van der Waals surface area contributed by atoms with E-state index in [2.05, 4.69) is 10.3 Å². The maximum atomic E-state index is 12.4. The lowest BCUT2D eigenvalue weighted by Gasteiger charge is -2.23. The number of rotatable bonds is 4. The van der Waals surface area contributed by atoms with E-state index in [1.807, 2.05) is 19.9 Å². The summed E-state index contributed by atoms with van der Waals surface area (Å²) < 4.78 is 5.47. The molecule has 0 radical (unpaired) electrons. The van der Waals surface area contributed by atoms with Gasteiger partial charge in [-0.25, -0.2) is 4.98 Å². The molecule has 2 aromatic heterocycles. The zero-order chi connectivity index (χ0) is 17.3. The zero-order valence-electron chi connectivity index (χ0n) is 14.5. The van der Waals surface area contributed by atoms with Gasteiger partial charge in [0.2, 0.25) is 0 Å². The van der Waals surface area contributed by atoms with Crippen LogP contribution in [0.15, 0.2) is 22.6 Å². The standard InChI is InChI=1S/C19H24N2O3/c1-12-10-15(13(2)24-12)19(3,23)11-20-18(22)17-9-8-14-6-4-5-7-16(14)21-17/h8-10,23H,4-7,11H2,1-3H3,(H,20,22)/t19-/m0/s1. The molecule has 24 heavy (non-hydrogen) atoms. The number of aliphatic hydroxyl groups is 1. The number of furan rings is 1. The van der Waals surface area contributed by atoms with Crippen molar-refractivity contribution in [3.63, 3.8) is 0 Å². The molecular weight excluding hydrogens is 304 g/mol. The topological polar surface area (TPSA) is 75.4 Å². The van der Waals surface area contributed by atoms with Gasteiger partial charge in [0.25, 0.3) is 5.91 Å². The minimum absolute atomic E-state index is 0.102. The maximum Gasteiger partial charge on any atom is 0.269 e. The van der Waals surface area contributed by atoms with Gasteiger partial charge in [0.05, 0.1) is 6.54 Å². The van der Waals surface area contributed by atoms with Crippen molar-refractivity contribution >= 4 is 5.91 Å². The summed E-state index contributed by atoms with van der Waals surface area (Å²) in [6, 6.07) is 5.57. The van der Waals surface area contributed by atoms with E-state index in [9.17, 15) is 9.90 Å². The number of pyridine rings is 1. The summed E-state index contributed by atoms with van der Waals surface area (Å²) in [5.41, 5.74) is 2.19. The highest BCUT2D eigenvalue weighted by atomic mass is 16.3. The summed E-state index contributed by atoms with van der Waals surface area (Å²) in [5, 5.41) is 13.5. The van der Waals surface area contributed by atoms with Crippen LogP contribution in [-0.2, 0) is 18.4 Å². The molecule has 5 nitrogen and oxygen atoms in total. The molecule has 3 rings (SSSR count). The Morgan fingerprint density at radius 3 is 2.79 bits per heavy atom. The van der Waals surface area contributed by atoms with E-state index in [0.29, 0.717) is 17.0 Å². The fourth-order valence-corrected chi connectivity index (χ4v) is 3.31. The Morgan fingerprint density at radius 2 is 2.08 bits per heavy atom. The van der Waals surface area contributed by atoms with Gasteiger partial charge in [-0.1, -0.05) is 6.07 Å². The fourth-order valence-electron chi connectivity index (χ4n) is 3.31. The molecule has 2 heterocycles. The normalized spacial score (nSPS) is 16.3. The zero-order valence-corrected chi connectivity index (χ0v) is 14.5. The second-order valence-corrected chi connectivity index (χ2v) is 6.79. The van der Waals surface area contributed by atoms with Gasteiger partial charge in [0, 0.05) is 11.3 Å². The third-order valence-corrected chi connectivity index (χ3v) is 4.63. The highest BCUT2D eigenvalue weighted by molar-refractivity contribution is 5.92. The second-order valence-electron chi connectivity index (χ2n) is 6.79. The molecule has 0 aliphatic heterocycles. The van der Waals surface area contributed by atoms with E-state index in [1.54, 1.807) is 19.1 Å². The van der Waals surface area contributed by atoms with Crippen molar-refractivity contribution in [3.05, 3.63) is 52.2 Å². The third-order valence-electron chi connectivity index (χ3n) is 4.63. The Kier molecular flexibility index (Phi) is 4.45. The number of carbonyl (C=O) groups excluding carboxylic acids is 1. The van der Waals surface area contributed by atoms with Crippen molar-refractivity contribution in [2.45, 2.75) is 52.1 Å². The van der Waals surface area contributed by atoms with Crippen LogP contribution in [0.2, 0.25) is 0 Å². The number of hydrogen-bond acceptors (Lipinski definition) is 4. The van der Waals surface area contributed by atoms with E-state index in [1.165, 1.54) is 12.0 Å². The van der Waals surface area contributed by atoms with Crippen molar-refractivity contribution in [2.75, 3.05) is 6.54 Å². The quantitative estimate of drug-likeness (QED) is 0.905. The summed E-state index contributed by atoms with van der Waals surface area (Å²) in [5.74, 6) is 1.14. The Balaban J connectivity index is 1.70. The molecule has 0 spiro atoms. The van der Waals surface area contributed by atoms with Gasteiger partial charge in [0.15, 0.2) is 0 Å². The van der Waals surface area contributed by atoms with Crippen molar-refractivity contribution in [3.8, 4) is 0 Å². The van der Waals surface area contributed by atoms with Gasteiger partial charge in [0.1, 0.15) is 22.8 Å². The number of nitrogens with zero attached hydrogens (tertiary/aromatic N) is 1. The molecule has 2 N–H and O–H groups in total. The first-order valence-electron chi connectivity index (χ1n) is 8.44. The van der Waals surface area contributed by atoms with E-state index in [0.717, 1.165) is 30.7 Å². The first kappa shape index (κ1) is 16.7. The summed E-state index contributed by atoms with van der Waals surface area (Å²) in [6.07, 6.45) is 4.28. The molecule has 1 aliphatic rings. The average Bonchev–Trinajstić information content (AvgIpc) is 2.91. The molecule has 0 saturated carbocycles. The van der Waals surface area contributed by atoms with Crippen LogP contribution >= 0.6 is 0 Å². The molecule has 0 fully saturated rings. The van der Waals surface area contributed by atoms with Crippen LogP contribution in [0.4, 0.5) is 0 Å². The van der Waals surface area contributed by atoms with Gasteiger partial charge >= 0.3 is 0 Å². The first-order valence-corrected chi connectivity index (χ1v) is 8.44. The minimum Gasteiger partial charge on any atom is -0.466 e. The summed E-state index contributed by atoms with van der Waals surface area (Å²) in [4.78, 5) is 16.9. The van der Waals surface area contributed by atoms with Crippen LogP contribution in [-0.4, -0.2) is 22.5 Å². The van der Waals surface area contributed by atoms with Gasteiger partial charge in [-0.3, -0.25) is 4.79 Å². The molecule has 1 amide bonds. The van der Waals surface area contributed by atoms with Gasteiger partial charge in [-0.2, -0.15) is 0 Å². The molecule has 0 aromatic carbocycles. The van der Waals surface area contributed by atoms with Crippen LogP contribution in [0.1, 0.15) is 58.6 Å². The molecular formula is C19H24N2O3. The second kappa shape index (κ2) is 6.40. The number of aryl methyl sites for hydroxylation is 4. The number of aromatic nitrogens is 1. The van der Waals surface area contributed by atoms with E-state index < -0.39 is 5.60 Å². The molecule has 0 unspecified atom stereocenters. The van der Waals surface area contributed by atoms with Gasteiger partial charge < -0.3 is 14.8 Å². The predicted molar refractivity (Wildman–Crippen MR) is 91.0 cm³/mol.